The molecule has 0 amide bonds. The van der Waals surface area contributed by atoms with E-state index >= 15 is 0 Å². The summed E-state index contributed by atoms with van der Waals surface area (Å²) < 4.78 is 37.3. The molecule has 0 saturated carbocycles. The molecular formula is C14H17F3N2S. The lowest BCUT2D eigenvalue weighted by Crippen LogP contribution is -2.31. The van der Waals surface area contributed by atoms with E-state index in [0.29, 0.717) is 18.5 Å². The molecule has 1 heterocycles. The van der Waals surface area contributed by atoms with Gasteiger partial charge < -0.3 is 5.32 Å². The Labute approximate surface area is 120 Å². The van der Waals surface area contributed by atoms with Crippen molar-refractivity contribution < 1.29 is 13.2 Å². The average molecular weight is 302 g/mol. The van der Waals surface area contributed by atoms with Crippen LogP contribution in [0.4, 0.5) is 13.2 Å². The van der Waals surface area contributed by atoms with Gasteiger partial charge in [0, 0.05) is 11.8 Å². The van der Waals surface area contributed by atoms with Gasteiger partial charge in [-0.1, -0.05) is 37.7 Å². The highest BCUT2D eigenvalue weighted by molar-refractivity contribution is 8.14. The second kappa shape index (κ2) is 6.08. The smallest absolute Gasteiger partial charge is 0.361 e. The van der Waals surface area contributed by atoms with Crippen molar-refractivity contribution >= 4 is 16.9 Å². The Morgan fingerprint density at radius 3 is 2.45 bits per heavy atom. The van der Waals surface area contributed by atoms with Crippen LogP contribution < -0.4 is 5.32 Å². The lowest BCUT2D eigenvalue weighted by atomic mass is 10.1. The maximum absolute atomic E-state index is 12.4. The van der Waals surface area contributed by atoms with Crippen LogP contribution in [0.25, 0.3) is 0 Å². The van der Waals surface area contributed by atoms with Gasteiger partial charge in [-0.05, 0) is 23.6 Å². The predicted octanol–water partition coefficient (Wildman–Crippen LogP) is 3.92. The molecule has 20 heavy (non-hydrogen) atoms. The second-order valence-electron chi connectivity index (χ2n) is 5.12. The van der Waals surface area contributed by atoms with Crippen LogP contribution in [-0.2, 0) is 12.7 Å². The minimum absolute atomic E-state index is 0.401. The lowest BCUT2D eigenvalue weighted by Gasteiger charge is -2.13. The zero-order valence-electron chi connectivity index (χ0n) is 11.4. The summed E-state index contributed by atoms with van der Waals surface area (Å²) in [6.45, 7) is 4.70. The number of halogens is 3. The highest BCUT2D eigenvalue weighted by Crippen LogP contribution is 2.29. The van der Waals surface area contributed by atoms with Gasteiger partial charge in [-0.25, -0.2) is 0 Å². The molecule has 1 fully saturated rings. The molecule has 1 saturated heterocycles. The van der Waals surface area contributed by atoms with E-state index in [2.05, 4.69) is 24.2 Å². The van der Waals surface area contributed by atoms with Gasteiger partial charge in [0.05, 0.1) is 12.1 Å². The van der Waals surface area contributed by atoms with Crippen molar-refractivity contribution in [1.29, 1.82) is 0 Å². The van der Waals surface area contributed by atoms with Gasteiger partial charge in [-0.15, -0.1) is 0 Å². The average Bonchev–Trinajstić information content (AvgIpc) is 2.85. The van der Waals surface area contributed by atoms with E-state index in [1.54, 1.807) is 11.8 Å². The monoisotopic (exact) mass is 302 g/mol. The molecule has 110 valence electrons. The number of alkyl halides is 3. The first-order valence-corrected chi connectivity index (χ1v) is 7.45. The summed E-state index contributed by atoms with van der Waals surface area (Å²) in [5, 5.41) is 4.21. The Bertz CT molecular complexity index is 480. The van der Waals surface area contributed by atoms with Crippen LogP contribution in [0.5, 0.6) is 0 Å². The van der Waals surface area contributed by atoms with Crippen molar-refractivity contribution in [2.24, 2.45) is 10.9 Å². The van der Waals surface area contributed by atoms with Gasteiger partial charge >= 0.3 is 6.18 Å². The molecule has 0 bridgehead atoms. The number of hydrogen-bond donors (Lipinski definition) is 1. The molecule has 2 rings (SSSR count). The van der Waals surface area contributed by atoms with Crippen LogP contribution in [0.3, 0.4) is 0 Å². The number of rotatable bonds is 3. The van der Waals surface area contributed by atoms with Crippen molar-refractivity contribution in [3.63, 3.8) is 0 Å². The Balaban J connectivity index is 1.95. The van der Waals surface area contributed by atoms with Gasteiger partial charge in [-0.2, -0.15) is 13.2 Å². The van der Waals surface area contributed by atoms with E-state index < -0.39 is 11.7 Å². The van der Waals surface area contributed by atoms with Crippen molar-refractivity contribution in [2.75, 3.05) is 5.75 Å². The third-order valence-corrected chi connectivity index (χ3v) is 4.25. The number of benzene rings is 1. The Morgan fingerprint density at radius 2 is 1.95 bits per heavy atom. The van der Waals surface area contributed by atoms with Crippen molar-refractivity contribution in [3.05, 3.63) is 35.4 Å². The molecule has 1 atom stereocenters. The summed E-state index contributed by atoms with van der Waals surface area (Å²) in [5.74, 6) is 1.53. The summed E-state index contributed by atoms with van der Waals surface area (Å²) in [4.78, 5) is 4.41. The molecule has 0 radical (unpaired) electrons. The first-order valence-electron chi connectivity index (χ1n) is 6.46. The van der Waals surface area contributed by atoms with E-state index in [1.807, 2.05) is 0 Å². The van der Waals surface area contributed by atoms with Crippen LogP contribution in [0, 0.1) is 5.92 Å². The van der Waals surface area contributed by atoms with Crippen LogP contribution >= 0.6 is 11.8 Å². The minimum Gasteiger partial charge on any atom is -0.361 e. The second-order valence-corrected chi connectivity index (χ2v) is 6.13. The number of thioether (sulfide) groups is 1. The molecule has 0 unspecified atom stereocenters. The third-order valence-electron chi connectivity index (χ3n) is 3.20. The molecule has 1 aliphatic heterocycles. The molecule has 1 aromatic rings. The van der Waals surface area contributed by atoms with Gasteiger partial charge in [0.1, 0.15) is 0 Å². The number of nitrogens with zero attached hydrogens (tertiary/aromatic N) is 1. The molecule has 1 aromatic carbocycles. The molecule has 0 spiro atoms. The van der Waals surface area contributed by atoms with Gasteiger partial charge in [-0.3, -0.25) is 4.99 Å². The number of nitrogens with one attached hydrogen (secondary N) is 1. The van der Waals surface area contributed by atoms with Gasteiger partial charge in [0.15, 0.2) is 5.17 Å². The van der Waals surface area contributed by atoms with Crippen molar-refractivity contribution in [1.82, 2.24) is 5.32 Å². The van der Waals surface area contributed by atoms with Crippen molar-refractivity contribution in [2.45, 2.75) is 32.6 Å². The predicted molar refractivity (Wildman–Crippen MR) is 76.8 cm³/mol. The van der Waals surface area contributed by atoms with Crippen LogP contribution in [0.15, 0.2) is 29.3 Å². The summed E-state index contributed by atoms with van der Waals surface area (Å²) in [5.41, 5.74) is 0.156. The highest BCUT2D eigenvalue weighted by Gasteiger charge is 2.29. The fraction of sp³-hybridized carbons (Fsp3) is 0.500. The van der Waals surface area contributed by atoms with Crippen LogP contribution in [-0.4, -0.2) is 17.0 Å². The first kappa shape index (κ1) is 15.2. The molecule has 0 aliphatic carbocycles. The third kappa shape index (κ3) is 3.91. The normalized spacial score (nSPS) is 21.5. The highest BCUT2D eigenvalue weighted by atomic mass is 32.2. The summed E-state index contributed by atoms with van der Waals surface area (Å²) in [7, 11) is 0. The molecule has 0 aromatic heterocycles. The summed E-state index contributed by atoms with van der Waals surface area (Å²) >= 11 is 1.66. The van der Waals surface area contributed by atoms with Crippen LogP contribution in [0.2, 0.25) is 0 Å². The van der Waals surface area contributed by atoms with E-state index in [-0.39, 0.29) is 0 Å². The first-order chi connectivity index (χ1) is 9.36. The largest absolute Gasteiger partial charge is 0.416 e. The molecular weight excluding hydrogens is 285 g/mol. The van der Waals surface area contributed by atoms with E-state index in [4.69, 9.17) is 0 Å². The van der Waals surface area contributed by atoms with E-state index in [0.717, 1.165) is 28.6 Å². The van der Waals surface area contributed by atoms with E-state index in [9.17, 15) is 13.2 Å². The maximum atomic E-state index is 12.4. The zero-order chi connectivity index (χ0) is 14.8. The topological polar surface area (TPSA) is 24.4 Å². The zero-order valence-corrected chi connectivity index (χ0v) is 12.2. The fourth-order valence-electron chi connectivity index (χ4n) is 1.82. The van der Waals surface area contributed by atoms with Gasteiger partial charge in [0.25, 0.3) is 0 Å². The molecule has 6 heteroatoms. The molecule has 1 aliphatic rings. The minimum atomic E-state index is -4.28. The summed E-state index contributed by atoms with van der Waals surface area (Å²) in [6.07, 6.45) is -4.28. The van der Waals surface area contributed by atoms with Crippen molar-refractivity contribution in [3.8, 4) is 0 Å². The summed E-state index contributed by atoms with van der Waals surface area (Å²) in [6, 6.07) is 5.58. The SMILES string of the molecule is CC(C)[C@H]1CSC(=NCc2ccc(C(F)(F)F)cc2)N1. The molecule has 1 N–H and O–H groups in total. The Hall–Kier alpha value is -1.17. The Morgan fingerprint density at radius 1 is 1.30 bits per heavy atom. The molecule has 2 nitrogen and oxygen atoms in total. The van der Waals surface area contributed by atoms with Gasteiger partial charge in [0.2, 0.25) is 0 Å². The number of hydrogen-bond acceptors (Lipinski definition) is 2. The van der Waals surface area contributed by atoms with Crippen LogP contribution in [0.1, 0.15) is 25.0 Å². The lowest BCUT2D eigenvalue weighted by molar-refractivity contribution is -0.137. The number of amidine groups is 1. The standard InChI is InChI=1S/C14H17F3N2S/c1-9(2)12-8-20-13(19-12)18-7-10-3-5-11(6-4-10)14(15,16)17/h3-6,9,12H,7-8H2,1-2H3,(H,18,19)/t12-/m1/s1. The van der Waals surface area contributed by atoms with E-state index in [1.165, 1.54) is 12.1 Å². The quantitative estimate of drug-likeness (QED) is 0.915. The Kier molecular flexibility index (Phi) is 4.62. The maximum Gasteiger partial charge on any atom is 0.416 e. The fourth-order valence-corrected chi connectivity index (χ4v) is 3.02. The number of aliphatic imine (C=N–C) groups is 1.